The minimum Gasteiger partial charge on any atom is -0.356 e. The van der Waals surface area contributed by atoms with E-state index in [2.05, 4.69) is 60.8 Å². The molecule has 0 unspecified atom stereocenters. The van der Waals surface area contributed by atoms with Crippen LogP contribution in [0, 0.1) is 11.3 Å². The summed E-state index contributed by atoms with van der Waals surface area (Å²) in [6, 6.07) is 18.9. The lowest BCUT2D eigenvalue weighted by atomic mass is 9.71. The summed E-state index contributed by atoms with van der Waals surface area (Å²) in [6.07, 6.45) is 7.49. The lowest BCUT2D eigenvalue weighted by Crippen LogP contribution is -2.52. The topological polar surface area (TPSA) is 49.4 Å². The van der Waals surface area contributed by atoms with Crippen molar-refractivity contribution in [1.29, 1.82) is 0 Å². The Morgan fingerprint density at radius 2 is 1.62 bits per heavy atom. The van der Waals surface area contributed by atoms with E-state index in [0.717, 1.165) is 32.1 Å². The average molecular weight is 433 g/mol. The molecule has 2 aliphatic rings. The number of nitrogens with one attached hydrogen (secondary N) is 1. The van der Waals surface area contributed by atoms with Gasteiger partial charge in [0.15, 0.2) is 0 Å². The average Bonchev–Trinajstić information content (AvgIpc) is 3.38. The maximum atomic E-state index is 13.4. The van der Waals surface area contributed by atoms with Crippen LogP contribution in [0.2, 0.25) is 0 Å². The Labute approximate surface area is 192 Å². The van der Waals surface area contributed by atoms with Gasteiger partial charge < -0.3 is 10.2 Å². The number of rotatable bonds is 7. The molecule has 2 aromatic carbocycles. The molecule has 0 aromatic heterocycles. The number of benzene rings is 2. The Bertz CT molecular complexity index is 910. The fourth-order valence-electron chi connectivity index (χ4n) is 5.43. The molecule has 1 saturated carbocycles. The van der Waals surface area contributed by atoms with Gasteiger partial charge in [-0.1, -0.05) is 74.4 Å². The second-order valence-corrected chi connectivity index (χ2v) is 9.54. The van der Waals surface area contributed by atoms with Crippen LogP contribution in [0.25, 0.3) is 11.1 Å². The number of hydrogen-bond donors (Lipinski definition) is 1. The van der Waals surface area contributed by atoms with E-state index in [0.29, 0.717) is 32.0 Å². The van der Waals surface area contributed by atoms with Gasteiger partial charge in [-0.2, -0.15) is 0 Å². The van der Waals surface area contributed by atoms with Crippen LogP contribution in [0.4, 0.5) is 0 Å². The maximum Gasteiger partial charge on any atom is 0.226 e. The molecule has 4 nitrogen and oxygen atoms in total. The SMILES string of the molecule is CCCNC(=O)C1(Cc2ccccc2-c2ccccc2)CCN(C(=O)C2CCCC2)CC1. The summed E-state index contributed by atoms with van der Waals surface area (Å²) in [5.74, 6) is 0.667. The molecule has 4 heteroatoms. The van der Waals surface area contributed by atoms with Gasteiger partial charge in [-0.25, -0.2) is 0 Å². The van der Waals surface area contributed by atoms with Crippen LogP contribution in [-0.4, -0.2) is 36.3 Å². The number of nitrogens with zero attached hydrogens (tertiary/aromatic N) is 1. The third-order valence-electron chi connectivity index (χ3n) is 7.38. The van der Waals surface area contributed by atoms with Crippen molar-refractivity contribution >= 4 is 11.8 Å². The van der Waals surface area contributed by atoms with Crippen molar-refractivity contribution in [3.05, 3.63) is 60.2 Å². The second-order valence-electron chi connectivity index (χ2n) is 9.54. The van der Waals surface area contributed by atoms with Crippen LogP contribution in [0.5, 0.6) is 0 Å². The highest BCUT2D eigenvalue weighted by molar-refractivity contribution is 5.85. The van der Waals surface area contributed by atoms with Crippen molar-refractivity contribution in [3.8, 4) is 11.1 Å². The minimum atomic E-state index is -0.466. The van der Waals surface area contributed by atoms with Gasteiger partial charge in [-0.3, -0.25) is 9.59 Å². The smallest absolute Gasteiger partial charge is 0.226 e. The van der Waals surface area contributed by atoms with E-state index in [1.807, 2.05) is 11.0 Å². The van der Waals surface area contributed by atoms with Gasteiger partial charge in [0.1, 0.15) is 0 Å². The summed E-state index contributed by atoms with van der Waals surface area (Å²) in [4.78, 5) is 28.5. The minimum absolute atomic E-state index is 0.148. The van der Waals surface area contributed by atoms with Crippen molar-refractivity contribution in [2.45, 2.75) is 58.3 Å². The summed E-state index contributed by atoms with van der Waals surface area (Å²) in [5.41, 5.74) is 3.12. The van der Waals surface area contributed by atoms with Gasteiger partial charge in [-0.15, -0.1) is 0 Å². The van der Waals surface area contributed by atoms with Crippen LogP contribution in [0.15, 0.2) is 54.6 Å². The molecule has 0 bridgehead atoms. The van der Waals surface area contributed by atoms with Gasteiger partial charge in [0, 0.05) is 25.6 Å². The molecule has 2 aromatic rings. The van der Waals surface area contributed by atoms with Crippen LogP contribution in [0.1, 0.15) is 57.4 Å². The van der Waals surface area contributed by atoms with E-state index in [1.54, 1.807) is 0 Å². The van der Waals surface area contributed by atoms with Gasteiger partial charge in [0.2, 0.25) is 11.8 Å². The molecule has 4 rings (SSSR count). The maximum absolute atomic E-state index is 13.4. The first-order chi connectivity index (χ1) is 15.6. The molecule has 0 spiro atoms. The number of carbonyl (C=O) groups excluding carboxylic acids is 2. The van der Waals surface area contributed by atoms with Crippen molar-refractivity contribution in [3.63, 3.8) is 0 Å². The zero-order valence-electron chi connectivity index (χ0n) is 19.3. The Morgan fingerprint density at radius 3 is 2.31 bits per heavy atom. The fraction of sp³-hybridized carbons (Fsp3) is 0.500. The number of piperidine rings is 1. The second kappa shape index (κ2) is 10.3. The Balaban J connectivity index is 1.56. The normalized spacial score (nSPS) is 18.5. The van der Waals surface area contributed by atoms with Crippen molar-refractivity contribution < 1.29 is 9.59 Å². The van der Waals surface area contributed by atoms with E-state index in [1.165, 1.54) is 29.5 Å². The lowest BCUT2D eigenvalue weighted by molar-refractivity contribution is -0.143. The highest BCUT2D eigenvalue weighted by atomic mass is 16.2. The zero-order valence-corrected chi connectivity index (χ0v) is 19.3. The summed E-state index contributed by atoms with van der Waals surface area (Å²) in [7, 11) is 0. The first-order valence-electron chi connectivity index (χ1n) is 12.3. The molecule has 1 saturated heterocycles. The summed E-state index contributed by atoms with van der Waals surface area (Å²) < 4.78 is 0. The molecule has 2 fully saturated rings. The molecule has 1 aliphatic carbocycles. The standard InChI is InChI=1S/C28H36N2O2/c1-2-18-29-27(32)28(16-19-30(20-17-28)26(31)23-12-6-7-13-23)21-24-14-8-9-15-25(24)22-10-4-3-5-11-22/h3-5,8-11,14-15,23H,2,6-7,12-13,16-21H2,1H3,(H,29,32). The Morgan fingerprint density at radius 1 is 0.969 bits per heavy atom. The van der Waals surface area contributed by atoms with Gasteiger partial charge in [-0.05, 0) is 55.2 Å². The van der Waals surface area contributed by atoms with Gasteiger partial charge >= 0.3 is 0 Å². The molecule has 1 aliphatic heterocycles. The molecule has 1 N–H and O–H groups in total. The number of carbonyl (C=O) groups is 2. The summed E-state index contributed by atoms with van der Waals surface area (Å²) in [5, 5.41) is 3.18. The van der Waals surface area contributed by atoms with Crippen LogP contribution in [-0.2, 0) is 16.0 Å². The number of amides is 2. The molecular weight excluding hydrogens is 396 g/mol. The van der Waals surface area contributed by atoms with Crippen LogP contribution >= 0.6 is 0 Å². The Kier molecular flexibility index (Phi) is 7.29. The fourth-order valence-corrected chi connectivity index (χ4v) is 5.43. The monoisotopic (exact) mass is 432 g/mol. The van der Waals surface area contributed by atoms with E-state index in [-0.39, 0.29) is 11.8 Å². The first kappa shape index (κ1) is 22.6. The highest BCUT2D eigenvalue weighted by Gasteiger charge is 2.43. The van der Waals surface area contributed by atoms with E-state index >= 15 is 0 Å². The largest absolute Gasteiger partial charge is 0.356 e. The lowest BCUT2D eigenvalue weighted by Gasteiger charge is -2.42. The summed E-state index contributed by atoms with van der Waals surface area (Å²) in [6.45, 7) is 4.15. The van der Waals surface area contributed by atoms with E-state index in [9.17, 15) is 9.59 Å². The molecule has 32 heavy (non-hydrogen) atoms. The van der Waals surface area contributed by atoms with Crippen molar-refractivity contribution in [2.75, 3.05) is 19.6 Å². The number of hydrogen-bond acceptors (Lipinski definition) is 2. The number of likely N-dealkylation sites (tertiary alicyclic amines) is 1. The van der Waals surface area contributed by atoms with Crippen molar-refractivity contribution in [1.82, 2.24) is 10.2 Å². The molecule has 170 valence electrons. The Hall–Kier alpha value is -2.62. The van der Waals surface area contributed by atoms with Crippen LogP contribution < -0.4 is 5.32 Å². The summed E-state index contributed by atoms with van der Waals surface area (Å²) >= 11 is 0. The quantitative estimate of drug-likeness (QED) is 0.652. The highest BCUT2D eigenvalue weighted by Crippen LogP contribution is 2.39. The predicted octanol–water partition coefficient (Wildman–Crippen LogP) is 5.22. The molecule has 0 atom stereocenters. The molecular formula is C28H36N2O2. The van der Waals surface area contributed by atoms with Crippen molar-refractivity contribution in [2.24, 2.45) is 11.3 Å². The third-order valence-corrected chi connectivity index (χ3v) is 7.38. The van der Waals surface area contributed by atoms with Crippen LogP contribution in [0.3, 0.4) is 0 Å². The predicted molar refractivity (Wildman–Crippen MR) is 129 cm³/mol. The van der Waals surface area contributed by atoms with Gasteiger partial charge in [0.25, 0.3) is 0 Å². The van der Waals surface area contributed by atoms with E-state index in [4.69, 9.17) is 0 Å². The molecule has 2 amide bonds. The zero-order chi connectivity index (χ0) is 22.4. The molecule has 0 radical (unpaired) electrons. The molecule has 1 heterocycles. The first-order valence-corrected chi connectivity index (χ1v) is 12.3. The van der Waals surface area contributed by atoms with Gasteiger partial charge in [0.05, 0.1) is 5.41 Å². The third kappa shape index (κ3) is 4.90. The van der Waals surface area contributed by atoms with E-state index < -0.39 is 5.41 Å².